The molecule has 1 aliphatic rings. The Kier molecular flexibility index (Phi) is 6.49. The number of carbonyl (C=O) groups excluding carboxylic acids is 2. The molecule has 7 heteroatoms. The fourth-order valence-corrected chi connectivity index (χ4v) is 3.84. The molecule has 2 aromatic carbocycles. The number of benzene rings is 2. The number of aliphatic hydroxyl groups excluding tert-OH is 1. The third kappa shape index (κ3) is 4.62. The number of halogens is 1. The van der Waals surface area contributed by atoms with E-state index >= 15 is 0 Å². The van der Waals surface area contributed by atoms with Gasteiger partial charge in [0.2, 0.25) is 0 Å². The van der Waals surface area contributed by atoms with Crippen LogP contribution in [0.3, 0.4) is 0 Å². The first-order chi connectivity index (χ1) is 16.0. The first-order valence-electron chi connectivity index (χ1n) is 10.7. The zero-order chi connectivity index (χ0) is 23.4. The minimum atomic E-state index is -0.847. The van der Waals surface area contributed by atoms with Gasteiger partial charge >= 0.3 is 0 Å². The quantitative estimate of drug-likeness (QED) is 0.325. The molecule has 1 aromatic heterocycles. The van der Waals surface area contributed by atoms with Gasteiger partial charge in [-0.25, -0.2) is 4.39 Å². The number of likely N-dealkylation sites (tertiary alicyclic amines) is 1. The van der Waals surface area contributed by atoms with Gasteiger partial charge in [-0.3, -0.25) is 14.6 Å². The Balaban J connectivity index is 1.84. The predicted octanol–water partition coefficient (Wildman–Crippen LogP) is 4.63. The summed E-state index contributed by atoms with van der Waals surface area (Å²) < 4.78 is 19.1. The van der Waals surface area contributed by atoms with E-state index in [9.17, 15) is 19.1 Å². The summed E-state index contributed by atoms with van der Waals surface area (Å²) in [5.41, 5.74) is 1.56. The minimum absolute atomic E-state index is 0.0526. The van der Waals surface area contributed by atoms with Gasteiger partial charge in [-0.15, -0.1) is 0 Å². The number of hydrogen-bond donors (Lipinski definition) is 1. The van der Waals surface area contributed by atoms with Gasteiger partial charge in [0, 0.05) is 24.5 Å². The fourth-order valence-electron chi connectivity index (χ4n) is 3.84. The van der Waals surface area contributed by atoms with Crippen LogP contribution in [0.25, 0.3) is 5.76 Å². The molecule has 1 N–H and O–H groups in total. The number of aromatic nitrogens is 1. The average molecular weight is 446 g/mol. The number of carbonyl (C=O) groups is 2. The molecule has 0 radical (unpaired) electrons. The number of ketones is 1. The van der Waals surface area contributed by atoms with Gasteiger partial charge in [0.15, 0.2) is 0 Å². The molecule has 2 heterocycles. The van der Waals surface area contributed by atoms with Crippen molar-refractivity contribution in [3.05, 3.63) is 101 Å². The number of aliphatic hydroxyl groups is 1. The fraction of sp³-hybridized carbons (Fsp3) is 0.192. The van der Waals surface area contributed by atoms with Gasteiger partial charge < -0.3 is 14.7 Å². The maximum absolute atomic E-state index is 13.4. The number of ether oxygens (including phenoxy) is 1. The molecule has 0 bridgehead atoms. The van der Waals surface area contributed by atoms with E-state index in [0.29, 0.717) is 17.9 Å². The largest absolute Gasteiger partial charge is 0.507 e. The molecule has 0 aliphatic carbocycles. The first-order valence-corrected chi connectivity index (χ1v) is 10.7. The lowest BCUT2D eigenvalue weighted by atomic mass is 9.95. The second kappa shape index (κ2) is 9.65. The standard InChI is InChI=1S/C26H23FN2O4/c1-2-13-33-21-7-3-6-19(14-21)23-22(24(30)18-8-10-20(27)11-9-18)25(31)26(32)29(23)16-17-5-4-12-28-15-17/h3-12,14-15,23,30H,2,13,16H2,1H3/t23-/m1/s1. The van der Waals surface area contributed by atoms with Crippen molar-refractivity contribution in [1.82, 2.24) is 9.88 Å². The molecule has 1 atom stereocenters. The van der Waals surface area contributed by atoms with Crippen molar-refractivity contribution in [1.29, 1.82) is 0 Å². The molecule has 1 aliphatic heterocycles. The molecular weight excluding hydrogens is 423 g/mol. The topological polar surface area (TPSA) is 79.7 Å². The Bertz CT molecular complexity index is 1190. The summed E-state index contributed by atoms with van der Waals surface area (Å²) in [7, 11) is 0. The van der Waals surface area contributed by atoms with Crippen LogP contribution in [-0.2, 0) is 16.1 Å². The molecule has 33 heavy (non-hydrogen) atoms. The van der Waals surface area contributed by atoms with Crippen LogP contribution in [0.15, 0.2) is 78.6 Å². The number of nitrogens with zero attached hydrogens (tertiary/aromatic N) is 2. The number of hydrogen-bond acceptors (Lipinski definition) is 5. The Morgan fingerprint density at radius 1 is 1.12 bits per heavy atom. The van der Waals surface area contributed by atoms with Gasteiger partial charge in [-0.2, -0.15) is 0 Å². The number of rotatable bonds is 7. The van der Waals surface area contributed by atoms with Crippen LogP contribution in [0, 0.1) is 5.82 Å². The highest BCUT2D eigenvalue weighted by Crippen LogP contribution is 2.41. The smallest absolute Gasteiger partial charge is 0.295 e. The third-order valence-corrected chi connectivity index (χ3v) is 5.38. The lowest BCUT2D eigenvalue weighted by molar-refractivity contribution is -0.140. The Hall–Kier alpha value is -4.00. The minimum Gasteiger partial charge on any atom is -0.507 e. The van der Waals surface area contributed by atoms with Crippen molar-refractivity contribution in [2.45, 2.75) is 25.9 Å². The van der Waals surface area contributed by atoms with Crippen LogP contribution in [0.5, 0.6) is 5.75 Å². The predicted molar refractivity (Wildman–Crippen MR) is 121 cm³/mol. The van der Waals surface area contributed by atoms with Crippen molar-refractivity contribution in [2.24, 2.45) is 0 Å². The zero-order valence-electron chi connectivity index (χ0n) is 18.1. The third-order valence-electron chi connectivity index (χ3n) is 5.38. The summed E-state index contributed by atoms with van der Waals surface area (Å²) in [4.78, 5) is 31.7. The van der Waals surface area contributed by atoms with Crippen molar-refractivity contribution >= 4 is 17.4 Å². The molecule has 0 saturated carbocycles. The van der Waals surface area contributed by atoms with Crippen molar-refractivity contribution < 1.29 is 23.8 Å². The van der Waals surface area contributed by atoms with E-state index in [2.05, 4.69) is 4.98 Å². The molecule has 3 aromatic rings. The maximum Gasteiger partial charge on any atom is 0.295 e. The first kappa shape index (κ1) is 22.2. The Morgan fingerprint density at radius 2 is 1.91 bits per heavy atom. The average Bonchev–Trinajstić information content (AvgIpc) is 3.08. The highest BCUT2D eigenvalue weighted by molar-refractivity contribution is 6.46. The molecule has 6 nitrogen and oxygen atoms in total. The Labute approximate surface area is 191 Å². The van der Waals surface area contributed by atoms with Crippen LogP contribution < -0.4 is 4.74 Å². The summed E-state index contributed by atoms with van der Waals surface area (Å²) in [5.74, 6) is -1.76. The summed E-state index contributed by atoms with van der Waals surface area (Å²) in [6.45, 7) is 2.65. The van der Waals surface area contributed by atoms with E-state index < -0.39 is 23.5 Å². The Morgan fingerprint density at radius 3 is 2.61 bits per heavy atom. The lowest BCUT2D eigenvalue weighted by Crippen LogP contribution is -2.29. The molecule has 168 valence electrons. The zero-order valence-corrected chi connectivity index (χ0v) is 18.1. The van der Waals surface area contributed by atoms with Crippen LogP contribution in [0.4, 0.5) is 4.39 Å². The maximum atomic E-state index is 13.4. The highest BCUT2D eigenvalue weighted by atomic mass is 19.1. The van der Waals surface area contributed by atoms with Crippen LogP contribution in [0.2, 0.25) is 0 Å². The van der Waals surface area contributed by atoms with Gasteiger partial charge in [0.1, 0.15) is 17.3 Å². The van der Waals surface area contributed by atoms with E-state index in [4.69, 9.17) is 4.74 Å². The summed E-state index contributed by atoms with van der Waals surface area (Å²) >= 11 is 0. The van der Waals surface area contributed by atoms with Gasteiger partial charge in [0.25, 0.3) is 11.7 Å². The lowest BCUT2D eigenvalue weighted by Gasteiger charge is -2.25. The summed E-state index contributed by atoms with van der Waals surface area (Å²) in [5, 5.41) is 11.0. The molecular formula is C26H23FN2O4. The molecule has 1 amide bonds. The van der Waals surface area contributed by atoms with E-state index in [1.54, 1.807) is 42.7 Å². The molecule has 1 fully saturated rings. The molecule has 4 rings (SSSR count). The van der Waals surface area contributed by atoms with Crippen LogP contribution >= 0.6 is 0 Å². The molecule has 0 spiro atoms. The molecule has 1 saturated heterocycles. The number of amides is 1. The van der Waals surface area contributed by atoms with E-state index in [1.807, 2.05) is 13.0 Å². The van der Waals surface area contributed by atoms with Gasteiger partial charge in [-0.05, 0) is 60.0 Å². The second-order valence-electron chi connectivity index (χ2n) is 7.72. The van der Waals surface area contributed by atoms with E-state index in [-0.39, 0.29) is 23.4 Å². The highest BCUT2D eigenvalue weighted by Gasteiger charge is 2.46. The number of pyridine rings is 1. The van der Waals surface area contributed by atoms with Crippen LogP contribution in [0.1, 0.15) is 36.1 Å². The van der Waals surface area contributed by atoms with Crippen molar-refractivity contribution in [3.8, 4) is 5.75 Å². The second-order valence-corrected chi connectivity index (χ2v) is 7.72. The van der Waals surface area contributed by atoms with E-state index in [1.165, 1.54) is 29.2 Å². The van der Waals surface area contributed by atoms with Gasteiger partial charge in [-0.1, -0.05) is 25.1 Å². The normalized spacial score (nSPS) is 17.4. The van der Waals surface area contributed by atoms with Crippen LogP contribution in [-0.4, -0.2) is 33.3 Å². The monoisotopic (exact) mass is 446 g/mol. The van der Waals surface area contributed by atoms with Crippen molar-refractivity contribution in [2.75, 3.05) is 6.61 Å². The van der Waals surface area contributed by atoms with E-state index in [0.717, 1.165) is 12.0 Å². The summed E-state index contributed by atoms with van der Waals surface area (Å²) in [6, 6.07) is 15.0. The summed E-state index contributed by atoms with van der Waals surface area (Å²) in [6.07, 6.45) is 4.07. The SMILES string of the molecule is CCCOc1cccc([C@@H]2C(=C(O)c3ccc(F)cc3)C(=O)C(=O)N2Cc2cccnc2)c1. The van der Waals surface area contributed by atoms with Crippen molar-refractivity contribution in [3.63, 3.8) is 0 Å². The molecule has 0 unspecified atom stereocenters. The van der Waals surface area contributed by atoms with Gasteiger partial charge in [0.05, 0.1) is 18.2 Å². The number of Topliss-reactive ketones (excluding diaryl/α,β-unsaturated/α-hetero) is 1.